The number of nitrogen functional groups attached to an aromatic ring is 1. The summed E-state index contributed by atoms with van der Waals surface area (Å²) in [6.07, 6.45) is 0. The molecule has 0 saturated heterocycles. The number of carbonyl (C=O) groups is 1. The van der Waals surface area contributed by atoms with Crippen molar-refractivity contribution in [3.8, 4) is 0 Å². The molecule has 1 amide bonds. The predicted molar refractivity (Wildman–Crippen MR) is 70.6 cm³/mol. The third kappa shape index (κ3) is 2.79. The molecule has 0 spiro atoms. The maximum Gasteiger partial charge on any atom is 0.256 e. The van der Waals surface area contributed by atoms with E-state index in [-0.39, 0.29) is 23.2 Å². The van der Waals surface area contributed by atoms with E-state index in [1.54, 1.807) is 18.0 Å². The molecule has 0 heterocycles. The number of nitrogens with two attached hydrogens (primary N) is 1. The lowest BCUT2D eigenvalue weighted by molar-refractivity contribution is 0.0707. The topological polar surface area (TPSA) is 58.4 Å². The van der Waals surface area contributed by atoms with Crippen LogP contribution in [0.2, 0.25) is 0 Å². The van der Waals surface area contributed by atoms with Gasteiger partial charge in [-0.3, -0.25) is 10.6 Å². The number of halogens is 1. The van der Waals surface area contributed by atoms with Gasteiger partial charge in [0.1, 0.15) is 5.82 Å². The molecule has 0 aliphatic rings. The molecule has 0 radical (unpaired) electrons. The van der Waals surface area contributed by atoms with Crippen molar-refractivity contribution in [1.82, 2.24) is 4.90 Å². The summed E-state index contributed by atoms with van der Waals surface area (Å²) in [7, 11) is 1.71. The molecule has 0 fully saturated rings. The first kappa shape index (κ1) is 14.4. The van der Waals surface area contributed by atoms with Crippen molar-refractivity contribution in [2.75, 3.05) is 12.5 Å². The highest BCUT2D eigenvalue weighted by Crippen LogP contribution is 2.21. The van der Waals surface area contributed by atoms with Gasteiger partial charge in [-0.05, 0) is 25.0 Å². The molecule has 0 bridgehead atoms. The number of carbonyl (C=O) groups excluding carboxylic acids is 1. The average Bonchev–Trinajstić information content (AvgIpc) is 2.35. The molecule has 3 N–H and O–H groups in total. The molecule has 5 heteroatoms. The largest absolute Gasteiger partial charge is 0.339 e. The smallest absolute Gasteiger partial charge is 0.256 e. The van der Waals surface area contributed by atoms with Gasteiger partial charge >= 0.3 is 0 Å². The summed E-state index contributed by atoms with van der Waals surface area (Å²) < 4.78 is 13.5. The Bertz CT molecular complexity index is 434. The van der Waals surface area contributed by atoms with E-state index in [2.05, 4.69) is 5.43 Å². The highest BCUT2D eigenvalue weighted by Gasteiger charge is 2.23. The Kier molecular flexibility index (Phi) is 4.67. The SMILES string of the molecule is CC(C)C(C)N(C)C(=O)c1cccc(F)c1NN. The van der Waals surface area contributed by atoms with Crippen LogP contribution in [0.1, 0.15) is 31.1 Å². The van der Waals surface area contributed by atoms with Gasteiger partial charge in [-0.2, -0.15) is 0 Å². The quantitative estimate of drug-likeness (QED) is 0.639. The summed E-state index contributed by atoms with van der Waals surface area (Å²) in [5.74, 6) is 4.81. The van der Waals surface area contributed by atoms with Gasteiger partial charge in [-0.15, -0.1) is 0 Å². The van der Waals surface area contributed by atoms with Gasteiger partial charge in [0.25, 0.3) is 5.91 Å². The van der Waals surface area contributed by atoms with Crippen molar-refractivity contribution in [2.45, 2.75) is 26.8 Å². The van der Waals surface area contributed by atoms with Crippen LogP contribution in [0.15, 0.2) is 18.2 Å². The van der Waals surface area contributed by atoms with Crippen LogP contribution in [0.5, 0.6) is 0 Å². The highest BCUT2D eigenvalue weighted by atomic mass is 19.1. The van der Waals surface area contributed by atoms with E-state index in [9.17, 15) is 9.18 Å². The van der Waals surface area contributed by atoms with Crippen LogP contribution in [0.25, 0.3) is 0 Å². The Morgan fingerprint density at radius 1 is 1.39 bits per heavy atom. The molecule has 1 unspecified atom stereocenters. The Morgan fingerprint density at radius 3 is 2.50 bits per heavy atom. The van der Waals surface area contributed by atoms with Crippen LogP contribution in [-0.4, -0.2) is 23.9 Å². The molecular formula is C13H20FN3O. The lowest BCUT2D eigenvalue weighted by atomic mass is 10.0. The van der Waals surface area contributed by atoms with E-state index in [0.717, 1.165) is 0 Å². The molecule has 0 aliphatic heterocycles. The Labute approximate surface area is 107 Å². The summed E-state index contributed by atoms with van der Waals surface area (Å²) in [6.45, 7) is 6.02. The van der Waals surface area contributed by atoms with Crippen molar-refractivity contribution >= 4 is 11.6 Å². The molecule has 0 aliphatic carbocycles. The van der Waals surface area contributed by atoms with E-state index in [1.165, 1.54) is 12.1 Å². The summed E-state index contributed by atoms with van der Waals surface area (Å²) in [5, 5.41) is 0. The summed E-state index contributed by atoms with van der Waals surface area (Å²) >= 11 is 0. The maximum absolute atomic E-state index is 13.5. The van der Waals surface area contributed by atoms with Crippen LogP contribution in [0.3, 0.4) is 0 Å². The van der Waals surface area contributed by atoms with Crippen molar-refractivity contribution in [2.24, 2.45) is 11.8 Å². The lowest BCUT2D eigenvalue weighted by Gasteiger charge is -2.28. The Hall–Kier alpha value is -1.62. The fraction of sp³-hybridized carbons (Fsp3) is 0.462. The zero-order chi connectivity index (χ0) is 13.9. The van der Waals surface area contributed by atoms with Gasteiger partial charge < -0.3 is 10.3 Å². The molecule has 100 valence electrons. The number of para-hydroxylation sites is 1. The number of amides is 1. The Morgan fingerprint density at radius 2 is 2.00 bits per heavy atom. The van der Waals surface area contributed by atoms with E-state index >= 15 is 0 Å². The van der Waals surface area contributed by atoms with Crippen LogP contribution in [0, 0.1) is 11.7 Å². The molecule has 0 saturated carbocycles. The first-order valence-electron chi connectivity index (χ1n) is 5.92. The molecule has 1 aromatic rings. The minimum Gasteiger partial charge on any atom is -0.339 e. The molecule has 1 aromatic carbocycles. The van der Waals surface area contributed by atoms with Crippen LogP contribution < -0.4 is 11.3 Å². The average molecular weight is 253 g/mol. The zero-order valence-electron chi connectivity index (χ0n) is 11.2. The van der Waals surface area contributed by atoms with Gasteiger partial charge in [0.2, 0.25) is 0 Å². The highest BCUT2D eigenvalue weighted by molar-refractivity contribution is 5.99. The van der Waals surface area contributed by atoms with Gasteiger partial charge in [-0.25, -0.2) is 4.39 Å². The molecular weight excluding hydrogens is 233 g/mol. The normalized spacial score (nSPS) is 12.4. The van der Waals surface area contributed by atoms with Gasteiger partial charge in [-0.1, -0.05) is 19.9 Å². The van der Waals surface area contributed by atoms with E-state index < -0.39 is 5.82 Å². The van der Waals surface area contributed by atoms with E-state index in [4.69, 9.17) is 5.84 Å². The minimum absolute atomic E-state index is 0.0327. The minimum atomic E-state index is -0.533. The summed E-state index contributed by atoms with van der Waals surface area (Å²) in [5.41, 5.74) is 2.52. The summed E-state index contributed by atoms with van der Waals surface area (Å²) in [4.78, 5) is 13.9. The number of benzene rings is 1. The second-order valence-corrected chi connectivity index (χ2v) is 4.71. The molecule has 4 nitrogen and oxygen atoms in total. The third-order valence-corrected chi connectivity index (χ3v) is 3.28. The standard InChI is InChI=1S/C13H20FN3O/c1-8(2)9(3)17(4)13(18)10-6-5-7-11(14)12(10)16-15/h5-9,16H,15H2,1-4H3. The number of nitrogens with one attached hydrogen (secondary N) is 1. The molecule has 1 atom stereocenters. The van der Waals surface area contributed by atoms with Gasteiger partial charge in [0, 0.05) is 13.1 Å². The fourth-order valence-electron chi connectivity index (χ4n) is 1.67. The third-order valence-electron chi connectivity index (χ3n) is 3.28. The van der Waals surface area contributed by atoms with E-state index in [1.807, 2.05) is 20.8 Å². The van der Waals surface area contributed by atoms with Gasteiger partial charge in [0.05, 0.1) is 11.3 Å². The van der Waals surface area contributed by atoms with Gasteiger partial charge in [0.15, 0.2) is 0 Å². The predicted octanol–water partition coefficient (Wildman–Crippen LogP) is 2.23. The lowest BCUT2D eigenvalue weighted by Crippen LogP contribution is -2.38. The number of hydrogen-bond acceptors (Lipinski definition) is 3. The van der Waals surface area contributed by atoms with Crippen LogP contribution in [-0.2, 0) is 0 Å². The number of nitrogens with zero attached hydrogens (tertiary/aromatic N) is 1. The number of hydrogen-bond donors (Lipinski definition) is 2. The summed E-state index contributed by atoms with van der Waals surface area (Å²) in [6, 6.07) is 4.38. The Balaban J connectivity index is 3.08. The van der Waals surface area contributed by atoms with Crippen LogP contribution in [0.4, 0.5) is 10.1 Å². The molecule has 1 rings (SSSR count). The second-order valence-electron chi connectivity index (χ2n) is 4.71. The number of rotatable bonds is 4. The van der Waals surface area contributed by atoms with Crippen LogP contribution >= 0.6 is 0 Å². The zero-order valence-corrected chi connectivity index (χ0v) is 11.2. The van der Waals surface area contributed by atoms with Crippen molar-refractivity contribution in [1.29, 1.82) is 0 Å². The van der Waals surface area contributed by atoms with Crippen molar-refractivity contribution in [3.63, 3.8) is 0 Å². The van der Waals surface area contributed by atoms with Crippen molar-refractivity contribution in [3.05, 3.63) is 29.6 Å². The first-order chi connectivity index (χ1) is 8.40. The number of hydrazine groups is 1. The van der Waals surface area contributed by atoms with Crippen molar-refractivity contribution < 1.29 is 9.18 Å². The fourth-order valence-corrected chi connectivity index (χ4v) is 1.67. The number of anilines is 1. The molecule has 0 aromatic heterocycles. The maximum atomic E-state index is 13.5. The second kappa shape index (κ2) is 5.82. The monoisotopic (exact) mass is 253 g/mol. The molecule has 18 heavy (non-hydrogen) atoms. The first-order valence-corrected chi connectivity index (χ1v) is 5.92. The van der Waals surface area contributed by atoms with E-state index in [0.29, 0.717) is 5.92 Å².